The summed E-state index contributed by atoms with van der Waals surface area (Å²) in [5.74, 6) is -1.28. The van der Waals surface area contributed by atoms with Gasteiger partial charge in [-0.15, -0.1) is 0 Å². The predicted octanol–water partition coefficient (Wildman–Crippen LogP) is 1.79. The Hall–Kier alpha value is -2.36. The highest BCUT2D eigenvalue weighted by Gasteiger charge is 2.17. The van der Waals surface area contributed by atoms with Gasteiger partial charge in [-0.1, -0.05) is 0 Å². The van der Waals surface area contributed by atoms with Gasteiger partial charge in [0.15, 0.2) is 0 Å². The molecular formula is C16H18FN3O4S. The first kappa shape index (κ1) is 19.0. The first-order valence-corrected chi connectivity index (χ1v) is 8.84. The van der Waals surface area contributed by atoms with Gasteiger partial charge in [-0.25, -0.2) is 18.1 Å². The SMILES string of the molecule is COCC(C)NS(=O)(=O)c1ccc(NC(=O)c2ccnc(F)c2)cc1. The minimum absolute atomic E-state index is 0.0587. The highest BCUT2D eigenvalue weighted by atomic mass is 32.2. The van der Waals surface area contributed by atoms with Crippen molar-refractivity contribution in [2.24, 2.45) is 0 Å². The van der Waals surface area contributed by atoms with E-state index in [1.54, 1.807) is 6.92 Å². The van der Waals surface area contributed by atoms with E-state index in [0.29, 0.717) is 5.69 Å². The molecule has 2 N–H and O–H groups in total. The molecule has 0 saturated heterocycles. The highest BCUT2D eigenvalue weighted by Crippen LogP contribution is 2.15. The Labute approximate surface area is 145 Å². The number of ether oxygens (including phenoxy) is 1. The first-order chi connectivity index (χ1) is 11.8. The Balaban J connectivity index is 2.08. The number of benzene rings is 1. The molecule has 1 atom stereocenters. The molecule has 0 fully saturated rings. The smallest absolute Gasteiger partial charge is 0.255 e. The monoisotopic (exact) mass is 367 g/mol. The van der Waals surface area contributed by atoms with Crippen molar-refractivity contribution in [3.05, 3.63) is 54.1 Å². The average molecular weight is 367 g/mol. The second kappa shape index (κ2) is 8.15. The van der Waals surface area contributed by atoms with E-state index in [0.717, 1.165) is 6.07 Å². The van der Waals surface area contributed by atoms with Crippen molar-refractivity contribution in [2.45, 2.75) is 17.9 Å². The van der Waals surface area contributed by atoms with Crippen molar-refractivity contribution in [3.63, 3.8) is 0 Å². The molecule has 0 aliphatic carbocycles. The molecule has 25 heavy (non-hydrogen) atoms. The summed E-state index contributed by atoms with van der Waals surface area (Å²) in [6.45, 7) is 1.93. The van der Waals surface area contributed by atoms with Crippen LogP contribution in [0.2, 0.25) is 0 Å². The van der Waals surface area contributed by atoms with Gasteiger partial charge in [0.2, 0.25) is 16.0 Å². The lowest BCUT2D eigenvalue weighted by Gasteiger charge is -2.13. The molecule has 0 bridgehead atoms. The van der Waals surface area contributed by atoms with Gasteiger partial charge in [0.05, 0.1) is 11.5 Å². The fraction of sp³-hybridized carbons (Fsp3) is 0.250. The van der Waals surface area contributed by atoms with Crippen LogP contribution in [0.3, 0.4) is 0 Å². The summed E-state index contributed by atoms with van der Waals surface area (Å²) in [7, 11) is -2.20. The van der Waals surface area contributed by atoms with Crippen molar-refractivity contribution in [1.82, 2.24) is 9.71 Å². The van der Waals surface area contributed by atoms with Crippen LogP contribution in [0, 0.1) is 5.95 Å². The molecule has 9 heteroatoms. The van der Waals surface area contributed by atoms with E-state index in [1.807, 2.05) is 0 Å². The van der Waals surface area contributed by atoms with E-state index >= 15 is 0 Å². The lowest BCUT2D eigenvalue weighted by atomic mass is 10.2. The maximum Gasteiger partial charge on any atom is 0.255 e. The summed E-state index contributed by atoms with van der Waals surface area (Å²) >= 11 is 0. The second-order valence-corrected chi connectivity index (χ2v) is 7.04. The Morgan fingerprint density at radius 3 is 2.56 bits per heavy atom. The minimum Gasteiger partial charge on any atom is -0.383 e. The largest absolute Gasteiger partial charge is 0.383 e. The summed E-state index contributed by atoms with van der Waals surface area (Å²) < 4.78 is 44.8. The molecule has 2 aromatic rings. The third kappa shape index (κ3) is 5.31. The zero-order valence-electron chi connectivity index (χ0n) is 13.7. The molecule has 134 valence electrons. The van der Waals surface area contributed by atoms with Crippen LogP contribution in [0.4, 0.5) is 10.1 Å². The predicted molar refractivity (Wildman–Crippen MR) is 90.2 cm³/mol. The third-order valence-corrected chi connectivity index (χ3v) is 4.79. The number of sulfonamides is 1. The van der Waals surface area contributed by atoms with Crippen molar-refractivity contribution >= 4 is 21.6 Å². The molecule has 0 aliphatic rings. The van der Waals surface area contributed by atoms with Crippen molar-refractivity contribution < 1.29 is 22.3 Å². The minimum atomic E-state index is -3.69. The van der Waals surface area contributed by atoms with E-state index in [9.17, 15) is 17.6 Å². The van der Waals surface area contributed by atoms with Crippen LogP contribution in [0.1, 0.15) is 17.3 Å². The van der Waals surface area contributed by atoms with Crippen LogP contribution >= 0.6 is 0 Å². The van der Waals surface area contributed by atoms with Gasteiger partial charge >= 0.3 is 0 Å². The number of hydrogen-bond acceptors (Lipinski definition) is 5. The third-order valence-electron chi connectivity index (χ3n) is 3.18. The van der Waals surface area contributed by atoms with Gasteiger partial charge < -0.3 is 10.1 Å². The molecule has 1 aromatic heterocycles. The lowest BCUT2D eigenvalue weighted by Crippen LogP contribution is -2.35. The lowest BCUT2D eigenvalue weighted by molar-refractivity contribution is 0.102. The molecule has 0 spiro atoms. The van der Waals surface area contributed by atoms with Crippen LogP contribution in [0.15, 0.2) is 47.5 Å². The van der Waals surface area contributed by atoms with E-state index < -0.39 is 21.9 Å². The molecule has 1 aromatic carbocycles. The molecule has 7 nitrogen and oxygen atoms in total. The molecule has 0 saturated carbocycles. The number of rotatable bonds is 7. The Bertz CT molecular complexity index is 841. The van der Waals surface area contributed by atoms with Gasteiger partial charge in [-0.2, -0.15) is 4.39 Å². The van der Waals surface area contributed by atoms with Crippen LogP contribution < -0.4 is 10.0 Å². The maximum atomic E-state index is 13.0. The van der Waals surface area contributed by atoms with Gasteiger partial charge in [-0.3, -0.25) is 4.79 Å². The van der Waals surface area contributed by atoms with Crippen molar-refractivity contribution in [2.75, 3.05) is 19.0 Å². The molecule has 0 radical (unpaired) electrons. The highest BCUT2D eigenvalue weighted by molar-refractivity contribution is 7.89. The topological polar surface area (TPSA) is 97.4 Å². The first-order valence-electron chi connectivity index (χ1n) is 7.36. The molecule has 1 amide bonds. The summed E-state index contributed by atoms with van der Waals surface area (Å²) in [6.07, 6.45) is 1.19. The number of halogens is 1. The standard InChI is InChI=1S/C16H18FN3O4S/c1-11(10-24-2)20-25(22,23)14-5-3-13(4-6-14)19-16(21)12-7-8-18-15(17)9-12/h3-9,11,20H,10H2,1-2H3,(H,19,21). The van der Waals surface area contributed by atoms with Crippen LogP contribution in [-0.4, -0.2) is 39.1 Å². The normalized spacial score (nSPS) is 12.6. The number of pyridine rings is 1. The van der Waals surface area contributed by atoms with E-state index in [4.69, 9.17) is 4.74 Å². The molecule has 0 aliphatic heterocycles. The average Bonchev–Trinajstić information content (AvgIpc) is 2.55. The zero-order valence-corrected chi connectivity index (χ0v) is 14.5. The van der Waals surface area contributed by atoms with Crippen molar-refractivity contribution in [3.8, 4) is 0 Å². The number of carbonyl (C=O) groups excluding carboxylic acids is 1. The van der Waals surface area contributed by atoms with Crippen LogP contribution in [0.5, 0.6) is 0 Å². The van der Waals surface area contributed by atoms with Gasteiger partial charge in [-0.05, 0) is 37.3 Å². The number of hydrogen-bond donors (Lipinski definition) is 2. The maximum absolute atomic E-state index is 13.0. The molecule has 2 rings (SSSR count). The number of nitrogens with one attached hydrogen (secondary N) is 2. The van der Waals surface area contributed by atoms with Crippen LogP contribution in [-0.2, 0) is 14.8 Å². The summed E-state index contributed by atoms with van der Waals surface area (Å²) in [5, 5.41) is 2.56. The number of aromatic nitrogens is 1. The molecule has 1 unspecified atom stereocenters. The summed E-state index contributed by atoms with van der Waals surface area (Å²) in [5.41, 5.74) is 0.491. The Kier molecular flexibility index (Phi) is 6.18. The Morgan fingerprint density at radius 1 is 1.28 bits per heavy atom. The second-order valence-electron chi connectivity index (χ2n) is 5.32. The number of carbonyl (C=O) groups is 1. The molecule has 1 heterocycles. The van der Waals surface area contributed by atoms with Crippen LogP contribution in [0.25, 0.3) is 0 Å². The summed E-state index contributed by atoms with van der Waals surface area (Å²) in [4.78, 5) is 15.4. The van der Waals surface area contributed by atoms with E-state index in [-0.39, 0.29) is 23.1 Å². The number of anilines is 1. The number of amides is 1. The number of methoxy groups -OCH3 is 1. The van der Waals surface area contributed by atoms with Crippen molar-refractivity contribution in [1.29, 1.82) is 0 Å². The van der Waals surface area contributed by atoms with E-state index in [2.05, 4.69) is 15.0 Å². The fourth-order valence-corrected chi connectivity index (χ4v) is 3.31. The Morgan fingerprint density at radius 2 is 1.96 bits per heavy atom. The number of nitrogens with zero attached hydrogens (tertiary/aromatic N) is 1. The fourth-order valence-electron chi connectivity index (χ4n) is 2.08. The van der Waals surface area contributed by atoms with Gasteiger partial charge in [0, 0.05) is 36.7 Å². The van der Waals surface area contributed by atoms with E-state index in [1.165, 1.54) is 43.6 Å². The van der Waals surface area contributed by atoms with Gasteiger partial charge in [0.25, 0.3) is 5.91 Å². The van der Waals surface area contributed by atoms with Gasteiger partial charge in [0.1, 0.15) is 0 Å². The molecular weight excluding hydrogens is 349 g/mol. The zero-order chi connectivity index (χ0) is 18.4. The quantitative estimate of drug-likeness (QED) is 0.727. The summed E-state index contributed by atoms with van der Waals surface area (Å²) in [6, 6.07) is 7.63.